The van der Waals surface area contributed by atoms with E-state index in [9.17, 15) is 0 Å². The molecule has 2 heterocycles. The molecular weight excluding hydrogens is 322 g/mol. The molecule has 0 aliphatic carbocycles. The highest BCUT2D eigenvalue weighted by atomic mass is 79.9. The van der Waals surface area contributed by atoms with Gasteiger partial charge in [0, 0.05) is 23.4 Å². The lowest BCUT2D eigenvalue weighted by atomic mass is 10.2. The van der Waals surface area contributed by atoms with Gasteiger partial charge in [-0.2, -0.15) is 0 Å². The minimum atomic E-state index is 0.880. The molecule has 0 spiro atoms. The van der Waals surface area contributed by atoms with E-state index in [1.54, 1.807) is 11.3 Å². The number of nitrogens with zero attached hydrogens (tertiary/aromatic N) is 2. The molecule has 3 rings (SSSR count). The minimum Gasteiger partial charge on any atom is -0.361 e. The quantitative estimate of drug-likeness (QED) is 0.780. The number of rotatable bonds is 4. The smallest absolute Gasteiger partial charge is 0.183 e. The van der Waals surface area contributed by atoms with E-state index in [0.717, 1.165) is 28.1 Å². The van der Waals surface area contributed by atoms with E-state index in [1.165, 1.54) is 10.3 Å². The maximum absolute atomic E-state index is 4.56. The summed E-state index contributed by atoms with van der Waals surface area (Å²) in [4.78, 5) is 8.57. The Balaban J connectivity index is 1.65. The Kier molecular flexibility index (Phi) is 3.75. The van der Waals surface area contributed by atoms with Crippen molar-refractivity contribution in [3.63, 3.8) is 0 Å². The molecule has 0 bridgehead atoms. The number of hydrogen-bond donors (Lipinski definition) is 1. The van der Waals surface area contributed by atoms with E-state index in [0.29, 0.717) is 0 Å². The molecule has 3 nitrogen and oxygen atoms in total. The van der Waals surface area contributed by atoms with Crippen LogP contribution >= 0.6 is 27.3 Å². The number of halogens is 1. The highest BCUT2D eigenvalue weighted by Crippen LogP contribution is 2.28. The van der Waals surface area contributed by atoms with Crippen LogP contribution in [0.25, 0.3) is 10.2 Å². The molecule has 0 fully saturated rings. The molecule has 0 aliphatic heterocycles. The van der Waals surface area contributed by atoms with Gasteiger partial charge in [-0.1, -0.05) is 27.3 Å². The zero-order valence-corrected chi connectivity index (χ0v) is 12.5. The zero-order chi connectivity index (χ0) is 13.1. The van der Waals surface area contributed by atoms with Crippen molar-refractivity contribution < 1.29 is 0 Å². The third kappa shape index (κ3) is 3.11. The van der Waals surface area contributed by atoms with Crippen LogP contribution in [0.3, 0.4) is 0 Å². The summed E-state index contributed by atoms with van der Waals surface area (Å²) in [7, 11) is 0. The maximum Gasteiger partial charge on any atom is 0.183 e. The maximum atomic E-state index is 4.56. The van der Waals surface area contributed by atoms with Gasteiger partial charge in [-0.3, -0.25) is 4.98 Å². The molecule has 1 aromatic carbocycles. The average Bonchev–Trinajstić information content (AvgIpc) is 2.82. The number of benzene rings is 1. The molecule has 19 heavy (non-hydrogen) atoms. The van der Waals surface area contributed by atoms with E-state index in [-0.39, 0.29) is 0 Å². The zero-order valence-electron chi connectivity index (χ0n) is 10.1. The molecule has 3 aromatic rings. The van der Waals surface area contributed by atoms with Crippen LogP contribution in [0.15, 0.2) is 47.2 Å². The summed E-state index contributed by atoms with van der Waals surface area (Å²) in [6, 6.07) is 10.2. The van der Waals surface area contributed by atoms with Gasteiger partial charge in [-0.15, -0.1) is 0 Å². The molecule has 0 atom stereocenters. The fraction of sp³-hybridized carbons (Fsp3) is 0.143. The summed E-state index contributed by atoms with van der Waals surface area (Å²) in [6.45, 7) is 0.880. The van der Waals surface area contributed by atoms with E-state index >= 15 is 0 Å². The third-order valence-electron chi connectivity index (χ3n) is 2.79. The molecule has 5 heteroatoms. The van der Waals surface area contributed by atoms with Gasteiger partial charge in [0.2, 0.25) is 0 Å². The second-order valence-electron chi connectivity index (χ2n) is 4.16. The van der Waals surface area contributed by atoms with Gasteiger partial charge in [0.05, 0.1) is 10.2 Å². The van der Waals surface area contributed by atoms with Crippen molar-refractivity contribution in [2.24, 2.45) is 0 Å². The summed E-state index contributed by atoms with van der Waals surface area (Å²) < 4.78 is 2.28. The average molecular weight is 334 g/mol. The van der Waals surface area contributed by atoms with Crippen LogP contribution in [0, 0.1) is 0 Å². The summed E-state index contributed by atoms with van der Waals surface area (Å²) in [6.07, 6.45) is 4.62. The molecular formula is C14H12BrN3S. The molecule has 96 valence electrons. The number of aromatic nitrogens is 2. The number of anilines is 1. The Bertz CT molecular complexity index is 681. The molecule has 1 N–H and O–H groups in total. The van der Waals surface area contributed by atoms with Gasteiger partial charge in [0.15, 0.2) is 5.13 Å². The van der Waals surface area contributed by atoms with Gasteiger partial charge < -0.3 is 5.32 Å². The number of nitrogens with one attached hydrogen (secondary N) is 1. The molecule has 2 aromatic heterocycles. The number of fused-ring (bicyclic) bond motifs is 1. The van der Waals surface area contributed by atoms with Crippen molar-refractivity contribution in [1.82, 2.24) is 9.97 Å². The van der Waals surface area contributed by atoms with Crippen molar-refractivity contribution in [1.29, 1.82) is 0 Å². The highest BCUT2D eigenvalue weighted by molar-refractivity contribution is 9.10. The Labute approximate surface area is 123 Å². The third-order valence-corrected chi connectivity index (χ3v) is 4.26. The lowest BCUT2D eigenvalue weighted by Gasteiger charge is -2.01. The lowest BCUT2D eigenvalue weighted by molar-refractivity contribution is 1.01. The largest absolute Gasteiger partial charge is 0.361 e. The first-order valence-electron chi connectivity index (χ1n) is 6.00. The number of thiazole rings is 1. The van der Waals surface area contributed by atoms with Crippen molar-refractivity contribution in [2.45, 2.75) is 6.42 Å². The van der Waals surface area contributed by atoms with Crippen LogP contribution in [0.2, 0.25) is 0 Å². The standard InChI is InChI=1S/C14H12BrN3S/c15-11-1-2-12-13(9-11)19-14(18-12)17-8-5-10-3-6-16-7-4-10/h1-4,6-7,9H,5,8H2,(H,17,18). The highest BCUT2D eigenvalue weighted by Gasteiger charge is 2.03. The Hall–Kier alpha value is -1.46. The van der Waals surface area contributed by atoms with Gasteiger partial charge in [0.1, 0.15) is 0 Å². The van der Waals surface area contributed by atoms with E-state index in [4.69, 9.17) is 0 Å². The number of pyridine rings is 1. The van der Waals surface area contributed by atoms with E-state index < -0.39 is 0 Å². The van der Waals surface area contributed by atoms with Crippen LogP contribution < -0.4 is 5.32 Å². The fourth-order valence-corrected chi connectivity index (χ4v) is 3.28. The van der Waals surface area contributed by atoms with Crippen LogP contribution in [0.5, 0.6) is 0 Å². The topological polar surface area (TPSA) is 37.8 Å². The van der Waals surface area contributed by atoms with Crippen LogP contribution in [0.4, 0.5) is 5.13 Å². The Morgan fingerprint density at radius 3 is 2.84 bits per heavy atom. The molecule has 0 aliphatic rings. The first kappa shape index (κ1) is 12.6. The minimum absolute atomic E-state index is 0.880. The summed E-state index contributed by atoms with van der Waals surface area (Å²) in [5.74, 6) is 0. The fourth-order valence-electron chi connectivity index (χ4n) is 1.84. The summed E-state index contributed by atoms with van der Waals surface area (Å²) >= 11 is 5.16. The van der Waals surface area contributed by atoms with Crippen molar-refractivity contribution in [2.75, 3.05) is 11.9 Å². The molecule has 0 unspecified atom stereocenters. The summed E-state index contributed by atoms with van der Waals surface area (Å²) in [5, 5.41) is 4.35. The second kappa shape index (κ2) is 5.67. The number of hydrogen-bond acceptors (Lipinski definition) is 4. The van der Waals surface area contributed by atoms with Crippen LogP contribution in [0.1, 0.15) is 5.56 Å². The van der Waals surface area contributed by atoms with Crippen LogP contribution in [-0.4, -0.2) is 16.5 Å². The second-order valence-corrected chi connectivity index (χ2v) is 6.11. The predicted molar refractivity (Wildman–Crippen MR) is 83.8 cm³/mol. The lowest BCUT2D eigenvalue weighted by Crippen LogP contribution is -2.04. The first-order valence-corrected chi connectivity index (χ1v) is 7.61. The molecule has 0 saturated heterocycles. The molecule has 0 saturated carbocycles. The van der Waals surface area contributed by atoms with Crippen molar-refractivity contribution in [3.8, 4) is 0 Å². The van der Waals surface area contributed by atoms with Crippen LogP contribution in [-0.2, 0) is 6.42 Å². The van der Waals surface area contributed by atoms with Crippen molar-refractivity contribution >= 4 is 42.6 Å². The Morgan fingerprint density at radius 2 is 2.00 bits per heavy atom. The SMILES string of the molecule is Brc1ccc2nc(NCCc3ccncc3)sc2c1. The molecule has 0 amide bonds. The van der Waals surface area contributed by atoms with E-state index in [1.807, 2.05) is 36.7 Å². The normalized spacial score (nSPS) is 10.8. The molecule has 0 radical (unpaired) electrons. The first-order chi connectivity index (χ1) is 9.31. The monoisotopic (exact) mass is 333 g/mol. The van der Waals surface area contributed by atoms with Gasteiger partial charge >= 0.3 is 0 Å². The predicted octanol–water partition coefficient (Wildman–Crippen LogP) is 4.11. The van der Waals surface area contributed by atoms with Crippen molar-refractivity contribution in [3.05, 3.63) is 52.8 Å². The van der Waals surface area contributed by atoms with Gasteiger partial charge in [-0.05, 0) is 42.3 Å². The summed E-state index contributed by atoms with van der Waals surface area (Å²) in [5.41, 5.74) is 2.32. The Morgan fingerprint density at radius 1 is 1.16 bits per heavy atom. The van der Waals surface area contributed by atoms with Gasteiger partial charge in [0.25, 0.3) is 0 Å². The van der Waals surface area contributed by atoms with Gasteiger partial charge in [-0.25, -0.2) is 4.98 Å². The van der Waals surface area contributed by atoms with E-state index in [2.05, 4.69) is 37.3 Å².